The molecule has 3 heterocycles. The Bertz CT molecular complexity index is 1050. The lowest BCUT2D eigenvalue weighted by Crippen LogP contribution is -2.31. The number of nitrogens with zero attached hydrogens (tertiary/aromatic N) is 3. The molecule has 0 aliphatic carbocycles. The third-order valence-corrected chi connectivity index (χ3v) is 7.41. The van der Waals surface area contributed by atoms with E-state index in [9.17, 15) is 8.42 Å². The van der Waals surface area contributed by atoms with E-state index in [4.69, 9.17) is 4.42 Å². The summed E-state index contributed by atoms with van der Waals surface area (Å²) in [7, 11) is -3.44. The van der Waals surface area contributed by atoms with Crippen LogP contribution in [0.25, 0.3) is 11.3 Å². The van der Waals surface area contributed by atoms with Crippen LogP contribution in [0, 0.1) is 0 Å². The zero-order chi connectivity index (χ0) is 20.1. The van der Waals surface area contributed by atoms with Crippen molar-refractivity contribution in [2.75, 3.05) is 18.5 Å². The Morgan fingerprint density at radius 2 is 1.86 bits per heavy atom. The zero-order valence-corrected chi connectivity index (χ0v) is 17.5. The van der Waals surface area contributed by atoms with Gasteiger partial charge in [0.05, 0.1) is 23.1 Å². The number of nitrogens with one attached hydrogen (secondary N) is 1. The maximum atomic E-state index is 12.9. The third kappa shape index (κ3) is 4.75. The van der Waals surface area contributed by atoms with E-state index in [1.54, 1.807) is 53.2 Å². The fourth-order valence-corrected chi connectivity index (χ4v) is 5.39. The molecule has 1 saturated heterocycles. The number of hydrogen-bond acceptors (Lipinski definition) is 7. The van der Waals surface area contributed by atoms with E-state index in [0.717, 1.165) is 36.9 Å². The molecule has 1 aliphatic rings. The van der Waals surface area contributed by atoms with Crippen LogP contribution < -0.4 is 5.43 Å². The van der Waals surface area contributed by atoms with Crippen LogP contribution in [0.2, 0.25) is 0 Å². The van der Waals surface area contributed by atoms with Crippen molar-refractivity contribution in [2.45, 2.75) is 30.6 Å². The standard InChI is InChI=1S/C20H22N4O3S2/c25-29(26,24-11-3-1-2-4-12-24)18-9-7-16(8-10-18)19-15-28-20(22-19)23-21-14-17-6-5-13-27-17/h5-10,13-15H,1-4,11-12H2,(H,22,23)/b21-14+. The molecule has 0 spiro atoms. The first-order chi connectivity index (χ1) is 14.1. The summed E-state index contributed by atoms with van der Waals surface area (Å²) in [5.41, 5.74) is 4.50. The highest BCUT2D eigenvalue weighted by Crippen LogP contribution is 2.27. The molecule has 4 rings (SSSR count). The Hall–Kier alpha value is -2.49. The van der Waals surface area contributed by atoms with Crippen molar-refractivity contribution in [3.63, 3.8) is 0 Å². The molecular formula is C20H22N4O3S2. The van der Waals surface area contributed by atoms with Crippen molar-refractivity contribution < 1.29 is 12.8 Å². The van der Waals surface area contributed by atoms with Gasteiger partial charge in [-0.1, -0.05) is 25.0 Å². The fraction of sp³-hybridized carbons (Fsp3) is 0.300. The normalized spacial score (nSPS) is 16.1. The van der Waals surface area contributed by atoms with Gasteiger partial charge >= 0.3 is 0 Å². The Morgan fingerprint density at radius 1 is 1.10 bits per heavy atom. The number of anilines is 1. The van der Waals surface area contributed by atoms with Gasteiger partial charge in [-0.25, -0.2) is 13.4 Å². The van der Waals surface area contributed by atoms with E-state index < -0.39 is 10.0 Å². The van der Waals surface area contributed by atoms with E-state index in [1.807, 2.05) is 5.38 Å². The largest absolute Gasteiger partial charge is 0.463 e. The number of thiazole rings is 1. The summed E-state index contributed by atoms with van der Waals surface area (Å²) < 4.78 is 32.6. The lowest BCUT2D eigenvalue weighted by molar-refractivity contribution is 0.424. The van der Waals surface area contributed by atoms with Crippen molar-refractivity contribution in [2.24, 2.45) is 5.10 Å². The molecule has 0 bridgehead atoms. The Labute approximate surface area is 174 Å². The molecule has 3 aromatic rings. The average molecular weight is 431 g/mol. The molecular weight excluding hydrogens is 408 g/mol. The molecule has 0 amide bonds. The molecule has 29 heavy (non-hydrogen) atoms. The van der Waals surface area contributed by atoms with Gasteiger partial charge < -0.3 is 4.42 Å². The molecule has 7 nitrogen and oxygen atoms in total. The van der Waals surface area contributed by atoms with Crippen LogP contribution in [0.1, 0.15) is 31.4 Å². The first kappa shape index (κ1) is 19.8. The molecule has 9 heteroatoms. The molecule has 0 radical (unpaired) electrons. The van der Waals surface area contributed by atoms with Gasteiger partial charge in [-0.05, 0) is 37.1 Å². The number of benzene rings is 1. The molecule has 152 valence electrons. The summed E-state index contributed by atoms with van der Waals surface area (Å²) in [6, 6.07) is 10.5. The van der Waals surface area contributed by atoms with Gasteiger partial charge in [0, 0.05) is 24.0 Å². The summed E-state index contributed by atoms with van der Waals surface area (Å²) in [4.78, 5) is 4.83. The van der Waals surface area contributed by atoms with Crippen molar-refractivity contribution in [1.82, 2.24) is 9.29 Å². The lowest BCUT2D eigenvalue weighted by Gasteiger charge is -2.19. The predicted octanol–water partition coefficient (Wildman–Crippen LogP) is 4.41. The van der Waals surface area contributed by atoms with E-state index in [-0.39, 0.29) is 0 Å². The topological polar surface area (TPSA) is 87.8 Å². The Balaban J connectivity index is 1.44. The Morgan fingerprint density at radius 3 is 2.55 bits per heavy atom. The van der Waals surface area contributed by atoms with Crippen LogP contribution in [0.5, 0.6) is 0 Å². The van der Waals surface area contributed by atoms with Gasteiger partial charge in [-0.3, -0.25) is 5.43 Å². The minimum Gasteiger partial charge on any atom is -0.463 e. The second-order valence-corrected chi connectivity index (χ2v) is 9.56. The smallest absolute Gasteiger partial charge is 0.243 e. The van der Waals surface area contributed by atoms with E-state index >= 15 is 0 Å². The minimum atomic E-state index is -3.44. The van der Waals surface area contributed by atoms with Crippen LogP contribution >= 0.6 is 11.3 Å². The lowest BCUT2D eigenvalue weighted by atomic mass is 10.2. The second kappa shape index (κ2) is 8.89. The van der Waals surface area contributed by atoms with E-state index in [0.29, 0.717) is 28.9 Å². The quantitative estimate of drug-likeness (QED) is 0.462. The molecule has 1 aromatic carbocycles. The molecule has 1 N–H and O–H groups in total. The van der Waals surface area contributed by atoms with Gasteiger partial charge in [0.2, 0.25) is 15.2 Å². The highest BCUT2D eigenvalue weighted by atomic mass is 32.2. The van der Waals surface area contributed by atoms with Gasteiger partial charge in [0.25, 0.3) is 0 Å². The third-order valence-electron chi connectivity index (χ3n) is 4.75. The molecule has 0 atom stereocenters. The molecule has 0 saturated carbocycles. The summed E-state index contributed by atoms with van der Waals surface area (Å²) in [6.07, 6.45) is 7.19. The summed E-state index contributed by atoms with van der Waals surface area (Å²) in [5.74, 6) is 0.649. The average Bonchev–Trinajstić information content (AvgIpc) is 3.34. The molecule has 1 aliphatic heterocycles. The number of aromatic nitrogens is 1. The van der Waals surface area contributed by atoms with Crippen LogP contribution in [-0.2, 0) is 10.0 Å². The monoisotopic (exact) mass is 430 g/mol. The number of hydrazone groups is 1. The highest BCUT2D eigenvalue weighted by molar-refractivity contribution is 7.89. The summed E-state index contributed by atoms with van der Waals surface area (Å²) >= 11 is 1.42. The van der Waals surface area contributed by atoms with E-state index in [2.05, 4.69) is 15.5 Å². The summed E-state index contributed by atoms with van der Waals surface area (Å²) in [5, 5.41) is 6.64. The predicted molar refractivity (Wildman–Crippen MR) is 115 cm³/mol. The SMILES string of the molecule is O=S(=O)(c1ccc(-c2csc(N/N=C/c3ccco3)n2)cc1)N1CCCCCC1. The van der Waals surface area contributed by atoms with Crippen molar-refractivity contribution >= 4 is 32.7 Å². The van der Waals surface area contributed by atoms with E-state index in [1.165, 1.54) is 11.3 Å². The van der Waals surface area contributed by atoms with Crippen LogP contribution in [0.4, 0.5) is 5.13 Å². The first-order valence-corrected chi connectivity index (χ1v) is 11.8. The fourth-order valence-electron chi connectivity index (χ4n) is 3.20. The molecule has 0 unspecified atom stereocenters. The Kier molecular flexibility index (Phi) is 6.08. The molecule has 1 fully saturated rings. The number of furan rings is 1. The van der Waals surface area contributed by atoms with Gasteiger partial charge in [0.15, 0.2) is 0 Å². The van der Waals surface area contributed by atoms with Crippen LogP contribution in [0.15, 0.2) is 62.5 Å². The van der Waals surface area contributed by atoms with Gasteiger partial charge in [-0.2, -0.15) is 9.41 Å². The number of hydrogen-bond donors (Lipinski definition) is 1. The summed E-state index contributed by atoms with van der Waals surface area (Å²) in [6.45, 7) is 1.20. The van der Waals surface area contributed by atoms with Crippen molar-refractivity contribution in [3.8, 4) is 11.3 Å². The van der Waals surface area contributed by atoms with Crippen LogP contribution in [0.3, 0.4) is 0 Å². The number of rotatable bonds is 6. The van der Waals surface area contributed by atoms with Crippen molar-refractivity contribution in [1.29, 1.82) is 0 Å². The minimum absolute atomic E-state index is 0.333. The second-order valence-electron chi connectivity index (χ2n) is 6.77. The highest BCUT2D eigenvalue weighted by Gasteiger charge is 2.25. The van der Waals surface area contributed by atoms with Crippen molar-refractivity contribution in [3.05, 3.63) is 53.8 Å². The van der Waals surface area contributed by atoms with Crippen LogP contribution in [-0.4, -0.2) is 37.0 Å². The number of sulfonamides is 1. The van der Waals surface area contributed by atoms with Gasteiger partial charge in [-0.15, -0.1) is 11.3 Å². The maximum Gasteiger partial charge on any atom is 0.243 e. The zero-order valence-electron chi connectivity index (χ0n) is 15.8. The first-order valence-electron chi connectivity index (χ1n) is 9.52. The van der Waals surface area contributed by atoms with Gasteiger partial charge in [0.1, 0.15) is 5.76 Å². The molecule has 2 aromatic heterocycles. The maximum absolute atomic E-state index is 12.9.